The Kier molecular flexibility index (Phi) is 8.32. The molecule has 0 nitrogen and oxygen atoms in total. The van der Waals surface area contributed by atoms with Gasteiger partial charge in [0.2, 0.25) is 0 Å². The van der Waals surface area contributed by atoms with E-state index < -0.39 is 29.2 Å². The number of fused-ring (bicyclic) bond motifs is 1. The van der Waals surface area contributed by atoms with Crippen LogP contribution >= 0.6 is 0 Å². The molecule has 1 saturated carbocycles. The van der Waals surface area contributed by atoms with Crippen molar-refractivity contribution >= 4 is 10.8 Å². The molecule has 0 heterocycles. The molecule has 0 aromatic heterocycles. The summed E-state index contributed by atoms with van der Waals surface area (Å²) >= 11 is 0. The Hall–Kier alpha value is -3.20. The van der Waals surface area contributed by atoms with E-state index in [1.807, 2.05) is 18.2 Å². The minimum absolute atomic E-state index is 0.00539. The van der Waals surface area contributed by atoms with E-state index in [1.165, 1.54) is 38.2 Å². The van der Waals surface area contributed by atoms with Gasteiger partial charge in [-0.25, -0.2) is 13.2 Å². The Labute approximate surface area is 213 Å². The largest absolute Gasteiger partial charge is 0.422 e. The molecule has 0 spiro atoms. The minimum Gasteiger partial charge on any atom is -0.206 e. The maximum Gasteiger partial charge on any atom is 0.422 e. The maximum absolute atomic E-state index is 15.1. The molecular formula is C31H28F6. The second-order valence-electron chi connectivity index (χ2n) is 9.84. The molecule has 4 rings (SSSR count). The molecule has 1 fully saturated rings. The molecular weight excluding hydrogens is 486 g/mol. The normalized spacial score (nSPS) is 17.9. The number of aryl methyl sites for hydroxylation is 1. The Morgan fingerprint density at radius 2 is 1.49 bits per heavy atom. The summed E-state index contributed by atoms with van der Waals surface area (Å²) in [6, 6.07) is 9.76. The van der Waals surface area contributed by atoms with Crippen LogP contribution in [-0.4, -0.2) is 0 Å². The van der Waals surface area contributed by atoms with Gasteiger partial charge in [-0.1, -0.05) is 67.9 Å². The third-order valence-corrected chi connectivity index (χ3v) is 7.27. The van der Waals surface area contributed by atoms with Crippen molar-refractivity contribution in [2.75, 3.05) is 0 Å². The van der Waals surface area contributed by atoms with Crippen LogP contribution in [0.25, 0.3) is 10.8 Å². The number of allylic oxidation sites excluding steroid dienone is 1. The van der Waals surface area contributed by atoms with Crippen LogP contribution in [0.1, 0.15) is 67.2 Å². The molecule has 0 aliphatic heterocycles. The zero-order valence-corrected chi connectivity index (χ0v) is 20.4. The lowest BCUT2D eigenvalue weighted by Crippen LogP contribution is -2.15. The van der Waals surface area contributed by atoms with Crippen LogP contribution in [0.5, 0.6) is 0 Å². The van der Waals surface area contributed by atoms with Gasteiger partial charge in [0.1, 0.15) is 23.0 Å². The molecule has 1 aliphatic carbocycles. The standard InChI is InChI=1S/C31H28F6/c1-2-3-4-20-5-7-21(8-6-20)9-10-22-12-16-26-25(17-22)15-14-24(30(26)34)13-11-23-18-27(32)29(28(33)19-23)31(35,36)37/h2,12,14-21H,1,3-10H2. The quantitative estimate of drug-likeness (QED) is 0.175. The molecule has 3 aromatic rings. The summed E-state index contributed by atoms with van der Waals surface area (Å²) < 4.78 is 80.9. The summed E-state index contributed by atoms with van der Waals surface area (Å²) in [7, 11) is 0. The topological polar surface area (TPSA) is 0 Å². The summed E-state index contributed by atoms with van der Waals surface area (Å²) in [5.41, 5.74) is -1.15. The van der Waals surface area contributed by atoms with Crippen molar-refractivity contribution in [2.45, 2.75) is 57.5 Å². The highest BCUT2D eigenvalue weighted by Gasteiger charge is 2.37. The average Bonchev–Trinajstić information content (AvgIpc) is 2.85. The lowest BCUT2D eigenvalue weighted by atomic mass is 9.78. The van der Waals surface area contributed by atoms with E-state index in [0.29, 0.717) is 23.4 Å². The monoisotopic (exact) mass is 514 g/mol. The van der Waals surface area contributed by atoms with Gasteiger partial charge in [0, 0.05) is 10.9 Å². The fourth-order valence-electron chi connectivity index (χ4n) is 5.18. The molecule has 0 unspecified atom stereocenters. The van der Waals surface area contributed by atoms with Crippen molar-refractivity contribution in [1.82, 2.24) is 0 Å². The highest BCUT2D eigenvalue weighted by molar-refractivity contribution is 5.85. The first-order valence-corrected chi connectivity index (χ1v) is 12.6. The number of hydrogen-bond acceptors (Lipinski definition) is 0. The van der Waals surface area contributed by atoms with Gasteiger partial charge in [0.25, 0.3) is 0 Å². The lowest BCUT2D eigenvalue weighted by Gasteiger charge is -2.28. The molecule has 6 heteroatoms. The van der Waals surface area contributed by atoms with E-state index in [-0.39, 0.29) is 11.1 Å². The van der Waals surface area contributed by atoms with Crippen molar-refractivity contribution in [3.05, 3.63) is 94.8 Å². The third-order valence-electron chi connectivity index (χ3n) is 7.27. The van der Waals surface area contributed by atoms with Gasteiger partial charge >= 0.3 is 6.18 Å². The second kappa shape index (κ2) is 11.5. The molecule has 0 amide bonds. The van der Waals surface area contributed by atoms with Crippen molar-refractivity contribution < 1.29 is 26.3 Å². The van der Waals surface area contributed by atoms with Crippen LogP contribution in [0.4, 0.5) is 26.3 Å². The van der Waals surface area contributed by atoms with Crippen molar-refractivity contribution in [3.8, 4) is 11.8 Å². The van der Waals surface area contributed by atoms with Crippen molar-refractivity contribution in [1.29, 1.82) is 0 Å². The van der Waals surface area contributed by atoms with E-state index in [1.54, 1.807) is 12.1 Å². The number of rotatable bonds is 6. The molecule has 194 valence electrons. The van der Waals surface area contributed by atoms with Crippen molar-refractivity contribution in [3.63, 3.8) is 0 Å². The summed E-state index contributed by atoms with van der Waals surface area (Å²) in [5.74, 6) is 2.28. The van der Waals surface area contributed by atoms with Crippen molar-refractivity contribution in [2.24, 2.45) is 11.8 Å². The molecule has 0 radical (unpaired) electrons. The molecule has 1 aliphatic rings. The summed E-state index contributed by atoms with van der Waals surface area (Å²) in [5, 5.41) is 1.09. The smallest absolute Gasteiger partial charge is 0.206 e. The van der Waals surface area contributed by atoms with Gasteiger partial charge in [-0.05, 0) is 66.7 Å². The molecule has 0 atom stereocenters. The van der Waals surface area contributed by atoms with Crippen LogP contribution < -0.4 is 0 Å². The number of benzene rings is 3. The van der Waals surface area contributed by atoms with Crippen LogP contribution in [0.15, 0.2) is 55.1 Å². The van der Waals surface area contributed by atoms with Gasteiger partial charge in [-0.2, -0.15) is 13.2 Å². The molecule has 3 aromatic carbocycles. The number of hydrogen-bond donors (Lipinski definition) is 0. The first kappa shape index (κ1) is 26.9. The molecule has 37 heavy (non-hydrogen) atoms. The first-order valence-electron chi connectivity index (χ1n) is 12.6. The van der Waals surface area contributed by atoms with Crippen LogP contribution in [-0.2, 0) is 12.6 Å². The van der Waals surface area contributed by atoms with Gasteiger partial charge in [0.05, 0.1) is 5.56 Å². The van der Waals surface area contributed by atoms with Gasteiger partial charge in [0.15, 0.2) is 0 Å². The van der Waals surface area contributed by atoms with Gasteiger partial charge in [-0.15, -0.1) is 6.58 Å². The first-order chi connectivity index (χ1) is 17.7. The number of halogens is 6. The van der Waals surface area contributed by atoms with Gasteiger partial charge < -0.3 is 0 Å². The Bertz CT molecular complexity index is 1310. The summed E-state index contributed by atoms with van der Waals surface area (Å²) in [6.45, 7) is 3.81. The predicted molar refractivity (Wildman–Crippen MR) is 134 cm³/mol. The van der Waals surface area contributed by atoms with Crippen LogP contribution in [0.2, 0.25) is 0 Å². The Morgan fingerprint density at radius 3 is 2.11 bits per heavy atom. The lowest BCUT2D eigenvalue weighted by molar-refractivity contribution is -0.142. The fourth-order valence-corrected chi connectivity index (χ4v) is 5.18. The van der Waals surface area contributed by atoms with Crippen LogP contribution in [0, 0.1) is 41.1 Å². The molecule has 0 saturated heterocycles. The Morgan fingerprint density at radius 1 is 0.838 bits per heavy atom. The zero-order chi connectivity index (χ0) is 26.6. The van der Waals surface area contributed by atoms with E-state index >= 15 is 4.39 Å². The predicted octanol–water partition coefficient (Wildman–Crippen LogP) is 9.38. The maximum atomic E-state index is 15.1. The van der Waals surface area contributed by atoms with E-state index in [4.69, 9.17) is 0 Å². The summed E-state index contributed by atoms with van der Waals surface area (Å²) in [4.78, 5) is 0. The SMILES string of the molecule is C=CCCC1CCC(CCc2ccc3c(F)c(C#Cc4cc(F)c(C(F)(F)F)c(F)c4)ccc3c2)CC1. The Balaban J connectivity index is 1.44. The van der Waals surface area contributed by atoms with Gasteiger partial charge in [-0.3, -0.25) is 0 Å². The number of alkyl halides is 3. The minimum atomic E-state index is -5.16. The summed E-state index contributed by atoms with van der Waals surface area (Å²) in [6.07, 6.45) is 6.23. The third kappa shape index (κ3) is 6.57. The average molecular weight is 515 g/mol. The zero-order valence-electron chi connectivity index (χ0n) is 20.4. The van der Waals surface area contributed by atoms with E-state index in [2.05, 4.69) is 18.4 Å². The highest BCUT2D eigenvalue weighted by Crippen LogP contribution is 2.35. The molecule has 0 N–H and O–H groups in total. The molecule has 0 bridgehead atoms. The van der Waals surface area contributed by atoms with E-state index in [9.17, 15) is 22.0 Å². The van der Waals surface area contributed by atoms with E-state index in [0.717, 1.165) is 36.1 Å². The van der Waals surface area contributed by atoms with Crippen LogP contribution in [0.3, 0.4) is 0 Å². The highest BCUT2D eigenvalue weighted by atomic mass is 19.4. The second-order valence-corrected chi connectivity index (χ2v) is 9.84. The fraction of sp³-hybridized carbons (Fsp3) is 0.355.